The van der Waals surface area contributed by atoms with Crippen molar-refractivity contribution >= 4 is 12.0 Å². The monoisotopic (exact) mass is 259 g/mol. The van der Waals surface area contributed by atoms with Crippen molar-refractivity contribution in [3.05, 3.63) is 35.4 Å². The topological polar surface area (TPSA) is 49.8 Å². The average Bonchev–Trinajstić information content (AvgIpc) is 2.73. The maximum atomic E-state index is 10.8. The number of carboxylic acids is 1. The Labute approximate surface area is 112 Å². The predicted octanol–water partition coefficient (Wildman–Crippen LogP) is 1.93. The number of benzene rings is 1. The molecule has 4 heteroatoms. The smallest absolute Gasteiger partial charge is 0.317 e. The van der Waals surface area contributed by atoms with Crippen LogP contribution in [0.4, 0.5) is 0 Å². The molecule has 0 saturated carbocycles. The summed E-state index contributed by atoms with van der Waals surface area (Å²) in [5.74, 6) is 0.149. The van der Waals surface area contributed by atoms with Crippen LogP contribution in [0, 0.1) is 6.92 Å². The normalized spacial score (nSPS) is 25.3. The molecule has 1 saturated heterocycles. The summed E-state index contributed by atoms with van der Waals surface area (Å²) in [6.45, 7) is 3.52. The minimum absolute atomic E-state index is 0.0829. The summed E-state index contributed by atoms with van der Waals surface area (Å²) in [6.07, 6.45) is 5.01. The van der Waals surface area contributed by atoms with Gasteiger partial charge in [0, 0.05) is 25.1 Å². The lowest BCUT2D eigenvalue weighted by atomic mass is 9.96. The summed E-state index contributed by atoms with van der Waals surface area (Å²) < 4.78 is 6.20. The molecule has 1 N–H and O–H groups in total. The number of carbonyl (C=O) groups is 1. The fourth-order valence-corrected chi connectivity index (χ4v) is 2.85. The van der Waals surface area contributed by atoms with E-state index in [-0.39, 0.29) is 12.1 Å². The van der Waals surface area contributed by atoms with Crippen LogP contribution in [0.1, 0.15) is 17.5 Å². The van der Waals surface area contributed by atoms with E-state index in [1.165, 1.54) is 0 Å². The van der Waals surface area contributed by atoms with Crippen molar-refractivity contribution < 1.29 is 14.6 Å². The molecule has 0 aromatic heterocycles. The van der Waals surface area contributed by atoms with Gasteiger partial charge in [-0.05, 0) is 18.6 Å². The molecule has 2 aliphatic rings. The van der Waals surface area contributed by atoms with Crippen LogP contribution in [0.25, 0.3) is 6.08 Å². The molecule has 1 aromatic carbocycles. The molecule has 2 aliphatic heterocycles. The molecule has 1 unspecified atom stereocenters. The van der Waals surface area contributed by atoms with Gasteiger partial charge in [0.25, 0.3) is 0 Å². The fraction of sp³-hybridized carbons (Fsp3) is 0.400. The lowest BCUT2D eigenvalue weighted by Gasteiger charge is -2.32. The van der Waals surface area contributed by atoms with Crippen LogP contribution in [0.3, 0.4) is 0 Å². The number of hydrogen-bond donors (Lipinski definition) is 1. The molecule has 0 aliphatic carbocycles. The van der Waals surface area contributed by atoms with Crippen molar-refractivity contribution in [2.45, 2.75) is 18.9 Å². The third kappa shape index (κ3) is 2.24. The number of hydrogen-bond acceptors (Lipinski definition) is 3. The summed E-state index contributed by atoms with van der Waals surface area (Å²) in [6, 6.07) is 6.09. The zero-order chi connectivity index (χ0) is 13.5. The summed E-state index contributed by atoms with van der Waals surface area (Å²) >= 11 is 0. The SMILES string of the molecule is Cc1cccc2c1OC1(C=C2)CCN(CC(=O)O)C1. The second kappa shape index (κ2) is 4.38. The Bertz CT molecular complexity index is 552. The zero-order valence-corrected chi connectivity index (χ0v) is 10.9. The average molecular weight is 259 g/mol. The van der Waals surface area contributed by atoms with Crippen LogP contribution in [0.5, 0.6) is 5.75 Å². The molecule has 4 nitrogen and oxygen atoms in total. The van der Waals surface area contributed by atoms with Gasteiger partial charge in [-0.2, -0.15) is 0 Å². The molecule has 0 radical (unpaired) electrons. The number of aliphatic carboxylic acids is 1. The molecule has 100 valence electrons. The summed E-state index contributed by atoms with van der Waals surface area (Å²) in [4.78, 5) is 12.7. The van der Waals surface area contributed by atoms with Crippen molar-refractivity contribution in [2.24, 2.45) is 0 Å². The number of rotatable bonds is 2. The number of ether oxygens (including phenoxy) is 1. The number of carboxylic acid groups (broad SMARTS) is 1. The van der Waals surface area contributed by atoms with Gasteiger partial charge in [-0.25, -0.2) is 0 Å². The highest BCUT2D eigenvalue weighted by Gasteiger charge is 2.40. The first-order chi connectivity index (χ1) is 9.08. The van der Waals surface area contributed by atoms with Gasteiger partial charge in [-0.15, -0.1) is 0 Å². The number of aryl methyl sites for hydroxylation is 1. The molecular weight excluding hydrogens is 242 g/mol. The minimum Gasteiger partial charge on any atom is -0.481 e. The summed E-state index contributed by atoms with van der Waals surface area (Å²) in [7, 11) is 0. The maximum Gasteiger partial charge on any atom is 0.317 e. The maximum absolute atomic E-state index is 10.8. The third-order valence-electron chi connectivity index (χ3n) is 3.82. The van der Waals surface area contributed by atoms with E-state index in [1.54, 1.807) is 0 Å². The van der Waals surface area contributed by atoms with Crippen LogP contribution >= 0.6 is 0 Å². The first kappa shape index (κ1) is 12.2. The van der Waals surface area contributed by atoms with Gasteiger partial charge in [0.2, 0.25) is 0 Å². The molecule has 1 atom stereocenters. The van der Waals surface area contributed by atoms with Crippen molar-refractivity contribution in [3.63, 3.8) is 0 Å². The lowest BCUT2D eigenvalue weighted by Crippen LogP contribution is -2.40. The molecule has 2 heterocycles. The second-order valence-corrected chi connectivity index (χ2v) is 5.35. The van der Waals surface area contributed by atoms with Gasteiger partial charge in [-0.1, -0.05) is 24.3 Å². The van der Waals surface area contributed by atoms with E-state index in [2.05, 4.69) is 12.2 Å². The van der Waals surface area contributed by atoms with Gasteiger partial charge < -0.3 is 9.84 Å². The summed E-state index contributed by atoms with van der Waals surface area (Å²) in [5.41, 5.74) is 1.87. The van der Waals surface area contributed by atoms with Crippen molar-refractivity contribution in [3.8, 4) is 5.75 Å². The Balaban J connectivity index is 1.83. The van der Waals surface area contributed by atoms with Gasteiger partial charge in [0.05, 0.1) is 6.54 Å². The van der Waals surface area contributed by atoms with Gasteiger partial charge in [-0.3, -0.25) is 9.69 Å². The highest BCUT2D eigenvalue weighted by molar-refractivity contribution is 5.69. The largest absolute Gasteiger partial charge is 0.481 e. The molecule has 0 bridgehead atoms. The standard InChI is InChI=1S/C15H17NO3/c1-11-3-2-4-12-5-6-15(19-14(11)12)7-8-16(10-15)9-13(17)18/h2-6H,7-10H2,1H3,(H,17,18). The molecule has 19 heavy (non-hydrogen) atoms. The van der Waals surface area contributed by atoms with E-state index in [4.69, 9.17) is 9.84 Å². The van der Waals surface area contributed by atoms with Crippen molar-refractivity contribution in [1.82, 2.24) is 4.90 Å². The Morgan fingerprint density at radius 3 is 3.16 bits per heavy atom. The minimum atomic E-state index is -0.784. The number of likely N-dealkylation sites (tertiary alicyclic amines) is 1. The van der Waals surface area contributed by atoms with Gasteiger partial charge >= 0.3 is 5.97 Å². The molecule has 0 amide bonds. The Hall–Kier alpha value is -1.81. The van der Waals surface area contributed by atoms with Crippen LogP contribution < -0.4 is 4.74 Å². The fourth-order valence-electron chi connectivity index (χ4n) is 2.85. The van der Waals surface area contributed by atoms with E-state index >= 15 is 0 Å². The quantitative estimate of drug-likeness (QED) is 0.881. The first-order valence-corrected chi connectivity index (χ1v) is 6.50. The zero-order valence-electron chi connectivity index (χ0n) is 10.9. The number of fused-ring (bicyclic) bond motifs is 1. The second-order valence-electron chi connectivity index (χ2n) is 5.35. The molecular formula is C15H17NO3. The van der Waals surface area contributed by atoms with E-state index in [9.17, 15) is 4.79 Å². The van der Waals surface area contributed by atoms with Crippen LogP contribution in [0.15, 0.2) is 24.3 Å². The number of para-hydroxylation sites is 1. The Morgan fingerprint density at radius 1 is 1.53 bits per heavy atom. The molecule has 1 aromatic rings. The predicted molar refractivity (Wildman–Crippen MR) is 72.3 cm³/mol. The lowest BCUT2D eigenvalue weighted by molar-refractivity contribution is -0.138. The van der Waals surface area contributed by atoms with Crippen LogP contribution in [0.2, 0.25) is 0 Å². The highest BCUT2D eigenvalue weighted by atomic mass is 16.5. The number of nitrogens with zero attached hydrogens (tertiary/aromatic N) is 1. The third-order valence-corrected chi connectivity index (χ3v) is 3.82. The Morgan fingerprint density at radius 2 is 2.37 bits per heavy atom. The molecule has 1 fully saturated rings. The van der Waals surface area contributed by atoms with E-state index in [0.29, 0.717) is 6.54 Å². The van der Waals surface area contributed by atoms with E-state index in [1.807, 2.05) is 30.0 Å². The van der Waals surface area contributed by atoms with E-state index < -0.39 is 5.97 Å². The van der Waals surface area contributed by atoms with Crippen molar-refractivity contribution in [1.29, 1.82) is 0 Å². The van der Waals surface area contributed by atoms with Gasteiger partial charge in [0.1, 0.15) is 11.4 Å². The molecule has 1 spiro atoms. The van der Waals surface area contributed by atoms with Crippen molar-refractivity contribution in [2.75, 3.05) is 19.6 Å². The van der Waals surface area contributed by atoms with Gasteiger partial charge in [0.15, 0.2) is 0 Å². The first-order valence-electron chi connectivity index (χ1n) is 6.50. The Kier molecular flexibility index (Phi) is 2.82. The van der Waals surface area contributed by atoms with Crippen LogP contribution in [-0.2, 0) is 4.79 Å². The summed E-state index contributed by atoms with van der Waals surface area (Å²) in [5, 5.41) is 8.86. The van der Waals surface area contributed by atoms with E-state index in [0.717, 1.165) is 29.8 Å². The highest BCUT2D eigenvalue weighted by Crippen LogP contribution is 2.38. The molecule has 3 rings (SSSR count). The van der Waals surface area contributed by atoms with Crippen LogP contribution in [-0.4, -0.2) is 41.2 Å².